The molecule has 1 N–H and O–H groups in total. The van der Waals surface area contributed by atoms with Gasteiger partial charge in [0.15, 0.2) is 0 Å². The van der Waals surface area contributed by atoms with Crippen LogP contribution < -0.4 is 9.62 Å². The average Bonchev–Trinajstić information content (AvgIpc) is 2.79. The molecule has 0 aromatic heterocycles. The van der Waals surface area contributed by atoms with Gasteiger partial charge < -0.3 is 10.2 Å². The standard InChI is InChI=1S/C24H27Cl3F3N3O4S/c1-14(2)11-31-23(35)15(3)32(12-17-18(25)6-5-7-19(17)26)22(34)13-33(38(4,36)37)21-10-16(24(28,29)30)8-9-20(21)27/h5-10,14-15H,11-13H2,1-4H3,(H,31,35). The lowest BCUT2D eigenvalue weighted by Gasteiger charge is -2.32. The summed E-state index contributed by atoms with van der Waals surface area (Å²) in [5, 5.41) is 2.78. The molecule has 0 aliphatic carbocycles. The first kappa shape index (κ1) is 32.0. The molecule has 2 aromatic carbocycles. The Balaban J connectivity index is 2.54. The molecule has 14 heteroatoms. The molecule has 2 aromatic rings. The van der Waals surface area contributed by atoms with Gasteiger partial charge in [0.25, 0.3) is 0 Å². The van der Waals surface area contributed by atoms with Crippen LogP contribution in [-0.2, 0) is 32.3 Å². The number of rotatable bonds is 10. The third-order valence-electron chi connectivity index (χ3n) is 5.46. The second-order valence-corrected chi connectivity index (χ2v) is 12.1. The normalized spacial score (nSPS) is 12.8. The number of alkyl halides is 3. The van der Waals surface area contributed by atoms with Crippen LogP contribution in [0.5, 0.6) is 0 Å². The van der Waals surface area contributed by atoms with Gasteiger partial charge in [-0.3, -0.25) is 13.9 Å². The number of amides is 2. The predicted molar refractivity (Wildman–Crippen MR) is 143 cm³/mol. The summed E-state index contributed by atoms with van der Waals surface area (Å²) in [6.45, 7) is 4.28. The maximum Gasteiger partial charge on any atom is 0.416 e. The number of carbonyl (C=O) groups excluding carboxylic acids is 2. The molecule has 2 amide bonds. The number of sulfonamides is 1. The van der Waals surface area contributed by atoms with E-state index in [1.807, 2.05) is 13.8 Å². The van der Waals surface area contributed by atoms with E-state index in [-0.39, 0.29) is 27.5 Å². The van der Waals surface area contributed by atoms with E-state index in [4.69, 9.17) is 34.8 Å². The molecule has 0 spiro atoms. The summed E-state index contributed by atoms with van der Waals surface area (Å²) in [5.41, 5.74) is -1.39. The first-order valence-electron chi connectivity index (χ1n) is 11.3. The monoisotopic (exact) mass is 615 g/mol. The van der Waals surface area contributed by atoms with Gasteiger partial charge in [-0.15, -0.1) is 0 Å². The minimum Gasteiger partial charge on any atom is -0.354 e. The van der Waals surface area contributed by atoms with Crippen LogP contribution in [0.1, 0.15) is 31.9 Å². The van der Waals surface area contributed by atoms with Gasteiger partial charge in [0.1, 0.15) is 12.6 Å². The van der Waals surface area contributed by atoms with E-state index in [1.165, 1.54) is 19.1 Å². The maximum atomic E-state index is 13.6. The molecule has 1 unspecified atom stereocenters. The molecule has 0 aliphatic rings. The Kier molecular flexibility index (Phi) is 10.7. The summed E-state index contributed by atoms with van der Waals surface area (Å²) in [5.74, 6) is -1.32. The number of anilines is 1. The first-order chi connectivity index (χ1) is 17.4. The Hall–Kier alpha value is -2.21. The molecule has 0 radical (unpaired) electrons. The first-order valence-corrected chi connectivity index (χ1v) is 14.3. The van der Waals surface area contributed by atoms with Crippen molar-refractivity contribution in [3.05, 3.63) is 62.6 Å². The Morgan fingerprint density at radius 3 is 2.08 bits per heavy atom. The van der Waals surface area contributed by atoms with Gasteiger partial charge in [-0.2, -0.15) is 13.2 Å². The van der Waals surface area contributed by atoms with Gasteiger partial charge >= 0.3 is 6.18 Å². The highest BCUT2D eigenvalue weighted by Gasteiger charge is 2.35. The minimum absolute atomic E-state index is 0.108. The smallest absolute Gasteiger partial charge is 0.354 e. The Labute approximate surface area is 234 Å². The van der Waals surface area contributed by atoms with E-state index >= 15 is 0 Å². The van der Waals surface area contributed by atoms with Crippen molar-refractivity contribution in [1.29, 1.82) is 0 Å². The fourth-order valence-electron chi connectivity index (χ4n) is 3.36. The largest absolute Gasteiger partial charge is 0.416 e. The molecule has 0 heterocycles. The Bertz CT molecular complexity index is 1270. The lowest BCUT2D eigenvalue weighted by atomic mass is 10.1. The van der Waals surface area contributed by atoms with Crippen LogP contribution >= 0.6 is 34.8 Å². The zero-order chi connectivity index (χ0) is 29.0. The number of halogens is 6. The summed E-state index contributed by atoms with van der Waals surface area (Å²) in [7, 11) is -4.31. The van der Waals surface area contributed by atoms with E-state index in [0.29, 0.717) is 28.5 Å². The number of nitrogens with zero attached hydrogens (tertiary/aromatic N) is 2. The van der Waals surface area contributed by atoms with E-state index in [0.717, 1.165) is 17.2 Å². The molecule has 1 atom stereocenters. The van der Waals surface area contributed by atoms with Crippen LogP contribution in [-0.4, -0.2) is 50.5 Å². The summed E-state index contributed by atoms with van der Waals surface area (Å²) < 4.78 is 65.8. The fourth-order valence-corrected chi connectivity index (χ4v) is 5.00. The van der Waals surface area contributed by atoms with Crippen LogP contribution in [0, 0.1) is 5.92 Å². The van der Waals surface area contributed by atoms with Crippen LogP contribution in [0.3, 0.4) is 0 Å². The second-order valence-electron chi connectivity index (χ2n) is 8.97. The summed E-state index contributed by atoms with van der Waals surface area (Å²) >= 11 is 18.6. The van der Waals surface area contributed by atoms with E-state index in [2.05, 4.69) is 5.32 Å². The summed E-state index contributed by atoms with van der Waals surface area (Å²) in [6.07, 6.45) is -4.06. The van der Waals surface area contributed by atoms with Crippen molar-refractivity contribution >= 4 is 62.3 Å². The fraction of sp³-hybridized carbons (Fsp3) is 0.417. The zero-order valence-corrected chi connectivity index (χ0v) is 24.0. The van der Waals surface area contributed by atoms with Crippen molar-refractivity contribution in [3.8, 4) is 0 Å². The molecule has 0 saturated carbocycles. The molecular formula is C24H27Cl3F3N3O4S. The van der Waals surface area contributed by atoms with E-state index in [9.17, 15) is 31.2 Å². The van der Waals surface area contributed by atoms with Gasteiger partial charge in [-0.25, -0.2) is 8.42 Å². The van der Waals surface area contributed by atoms with Crippen molar-refractivity contribution < 1.29 is 31.2 Å². The Morgan fingerprint density at radius 1 is 1.00 bits per heavy atom. The number of hydrogen-bond donors (Lipinski definition) is 1. The van der Waals surface area contributed by atoms with E-state index < -0.39 is 51.9 Å². The highest BCUT2D eigenvalue weighted by Crippen LogP contribution is 2.36. The molecule has 0 fully saturated rings. The van der Waals surface area contributed by atoms with Gasteiger partial charge in [0.05, 0.1) is 22.5 Å². The van der Waals surface area contributed by atoms with Crippen molar-refractivity contribution in [1.82, 2.24) is 10.2 Å². The lowest BCUT2D eigenvalue weighted by Crippen LogP contribution is -2.51. The average molecular weight is 617 g/mol. The van der Waals surface area contributed by atoms with Crippen molar-refractivity contribution in [2.24, 2.45) is 5.92 Å². The van der Waals surface area contributed by atoms with Crippen molar-refractivity contribution in [2.45, 2.75) is 39.5 Å². The predicted octanol–water partition coefficient (Wildman–Crippen LogP) is 5.62. The molecule has 210 valence electrons. The number of benzene rings is 2. The summed E-state index contributed by atoms with van der Waals surface area (Å²) in [6, 6.07) is 5.66. The molecular weight excluding hydrogens is 590 g/mol. The van der Waals surface area contributed by atoms with E-state index in [1.54, 1.807) is 6.07 Å². The lowest BCUT2D eigenvalue weighted by molar-refractivity contribution is -0.139. The van der Waals surface area contributed by atoms with Crippen molar-refractivity contribution in [2.75, 3.05) is 23.7 Å². The molecule has 0 bridgehead atoms. The number of hydrogen-bond acceptors (Lipinski definition) is 4. The highest BCUT2D eigenvalue weighted by atomic mass is 35.5. The topological polar surface area (TPSA) is 86.8 Å². The molecule has 7 nitrogen and oxygen atoms in total. The van der Waals surface area contributed by atoms with Crippen LogP contribution in [0.25, 0.3) is 0 Å². The van der Waals surface area contributed by atoms with Crippen LogP contribution in [0.15, 0.2) is 36.4 Å². The quantitative estimate of drug-likeness (QED) is 0.376. The second kappa shape index (κ2) is 12.8. The maximum absolute atomic E-state index is 13.6. The van der Waals surface area contributed by atoms with Gasteiger partial charge in [0, 0.05) is 28.7 Å². The van der Waals surface area contributed by atoms with Crippen molar-refractivity contribution in [3.63, 3.8) is 0 Å². The Morgan fingerprint density at radius 2 is 1.58 bits per heavy atom. The van der Waals surface area contributed by atoms with Gasteiger partial charge in [0.2, 0.25) is 21.8 Å². The molecule has 2 rings (SSSR count). The van der Waals surface area contributed by atoms with Gasteiger partial charge in [-0.05, 0) is 43.2 Å². The summed E-state index contributed by atoms with van der Waals surface area (Å²) in [4.78, 5) is 27.5. The molecule has 38 heavy (non-hydrogen) atoms. The third-order valence-corrected chi connectivity index (χ3v) is 7.62. The molecule has 0 aliphatic heterocycles. The zero-order valence-electron chi connectivity index (χ0n) is 20.9. The van der Waals surface area contributed by atoms with Gasteiger partial charge in [-0.1, -0.05) is 54.7 Å². The van der Waals surface area contributed by atoms with Crippen LogP contribution in [0.4, 0.5) is 18.9 Å². The van der Waals surface area contributed by atoms with Crippen LogP contribution in [0.2, 0.25) is 15.1 Å². The molecule has 0 saturated heterocycles. The minimum atomic E-state index is -4.79. The number of nitrogens with one attached hydrogen (secondary N) is 1. The number of carbonyl (C=O) groups is 2. The SMILES string of the molecule is CC(C)CNC(=O)C(C)N(Cc1c(Cl)cccc1Cl)C(=O)CN(c1cc(C(F)(F)F)ccc1Cl)S(C)(=O)=O. The third kappa shape index (κ3) is 8.39. The highest BCUT2D eigenvalue weighted by molar-refractivity contribution is 7.92.